The van der Waals surface area contributed by atoms with Crippen molar-refractivity contribution in [3.8, 4) is 29.2 Å². The van der Waals surface area contributed by atoms with E-state index in [1.54, 1.807) is 12.1 Å². The van der Waals surface area contributed by atoms with E-state index in [0.29, 0.717) is 18.8 Å². The van der Waals surface area contributed by atoms with Gasteiger partial charge in [-0.25, -0.2) is 9.36 Å². The van der Waals surface area contributed by atoms with E-state index in [9.17, 15) is 15.0 Å². The monoisotopic (exact) mass is 563 g/mol. The highest BCUT2D eigenvalue weighted by Crippen LogP contribution is 2.39. The van der Waals surface area contributed by atoms with Gasteiger partial charge in [-0.1, -0.05) is 48.9 Å². The molecule has 0 fully saturated rings. The number of aromatic hydroxyl groups is 1. The van der Waals surface area contributed by atoms with Crippen LogP contribution in [0.15, 0.2) is 59.5 Å². The van der Waals surface area contributed by atoms with Crippen molar-refractivity contribution in [3.63, 3.8) is 0 Å². The average Bonchev–Trinajstić information content (AvgIpc) is 3.29. The first-order valence-corrected chi connectivity index (χ1v) is 14.3. The maximum Gasteiger partial charge on any atom is 0.333 e. The number of ether oxygens (including phenoxy) is 3. The molecule has 1 unspecified atom stereocenters. The summed E-state index contributed by atoms with van der Waals surface area (Å²) >= 11 is 0. The highest BCUT2D eigenvalue weighted by atomic mass is 16.7. The molecule has 41 heavy (non-hydrogen) atoms. The van der Waals surface area contributed by atoms with Gasteiger partial charge in [0.05, 0.1) is 18.0 Å². The van der Waals surface area contributed by atoms with Crippen molar-refractivity contribution in [1.29, 1.82) is 0 Å². The van der Waals surface area contributed by atoms with Crippen LogP contribution in [-0.4, -0.2) is 58.0 Å². The zero-order valence-corrected chi connectivity index (χ0v) is 23.9. The number of benzene rings is 2. The van der Waals surface area contributed by atoms with E-state index in [2.05, 4.69) is 22.1 Å². The number of aromatic nitrogens is 2. The lowest BCUT2D eigenvalue weighted by Gasteiger charge is -2.39. The summed E-state index contributed by atoms with van der Waals surface area (Å²) in [4.78, 5) is 14.3. The SMILES string of the molecule is CC1(C)Oc2ccccc2C([C@H](O)CNCCCCCCOCCCC#Cc2cccc(-n3c(O)c[nH]c3=O)c2)O1. The van der Waals surface area contributed by atoms with Crippen LogP contribution in [0.3, 0.4) is 0 Å². The molecular weight excluding hydrogens is 522 g/mol. The van der Waals surface area contributed by atoms with Gasteiger partial charge in [0.1, 0.15) is 11.9 Å². The summed E-state index contributed by atoms with van der Waals surface area (Å²) in [5.74, 6) is 6.10. The second-order valence-electron chi connectivity index (χ2n) is 10.6. The van der Waals surface area contributed by atoms with Gasteiger partial charge in [-0.05, 0) is 50.1 Å². The number of nitrogens with zero attached hydrogens (tertiary/aromatic N) is 1. The molecule has 0 amide bonds. The number of hydrogen-bond donors (Lipinski definition) is 4. The van der Waals surface area contributed by atoms with E-state index < -0.39 is 23.7 Å². The van der Waals surface area contributed by atoms with Crippen LogP contribution in [0.4, 0.5) is 0 Å². The standard InChI is InChI=1S/C32H41N3O6/c1-32(2)40-28-17-8-7-16-26(28)30(41-32)27(36)22-33-18-9-3-4-10-19-39-20-11-5-6-13-24-14-12-15-25(21-24)35-29(37)23-34-31(35)38/h7-8,12,14-17,21,23,27,30,33,36-37H,3-5,9-11,18-20,22H2,1-2H3,(H,34,38)/t27-,30?/m1/s1. The Labute approximate surface area is 241 Å². The van der Waals surface area contributed by atoms with Crippen LogP contribution < -0.4 is 15.7 Å². The summed E-state index contributed by atoms with van der Waals surface area (Å²) in [6.07, 6.45) is 6.03. The van der Waals surface area contributed by atoms with Crippen molar-refractivity contribution < 1.29 is 24.4 Å². The molecule has 3 aromatic rings. The highest BCUT2D eigenvalue weighted by molar-refractivity contribution is 5.45. The zero-order valence-electron chi connectivity index (χ0n) is 23.9. The summed E-state index contributed by atoms with van der Waals surface area (Å²) < 4.78 is 18.8. The Morgan fingerprint density at radius 2 is 1.90 bits per heavy atom. The van der Waals surface area contributed by atoms with Crippen molar-refractivity contribution in [3.05, 3.63) is 76.3 Å². The number of imidazole rings is 1. The summed E-state index contributed by atoms with van der Waals surface area (Å²) in [6, 6.07) is 14.9. The molecule has 0 bridgehead atoms. The maximum atomic E-state index is 11.8. The number of unbranched alkanes of at least 4 members (excludes halogenated alkanes) is 4. The van der Waals surface area contributed by atoms with E-state index >= 15 is 0 Å². The fourth-order valence-corrected chi connectivity index (χ4v) is 4.78. The molecule has 0 spiro atoms. The molecule has 2 atom stereocenters. The molecule has 0 saturated heterocycles. The van der Waals surface area contributed by atoms with Crippen LogP contribution in [0.1, 0.15) is 69.6 Å². The summed E-state index contributed by atoms with van der Waals surface area (Å²) in [5.41, 5.74) is 1.84. The lowest BCUT2D eigenvalue weighted by atomic mass is 10.0. The van der Waals surface area contributed by atoms with Crippen molar-refractivity contribution in [2.75, 3.05) is 26.3 Å². The van der Waals surface area contributed by atoms with Gasteiger partial charge in [-0.2, -0.15) is 0 Å². The number of para-hydroxylation sites is 1. The van der Waals surface area contributed by atoms with Crippen molar-refractivity contribution in [2.24, 2.45) is 0 Å². The second kappa shape index (κ2) is 14.9. The molecule has 4 N–H and O–H groups in total. The number of aliphatic hydroxyl groups is 1. The minimum Gasteiger partial charge on any atom is -0.493 e. The molecule has 1 aromatic heterocycles. The maximum absolute atomic E-state index is 11.8. The Bertz CT molecular complexity index is 1370. The summed E-state index contributed by atoms with van der Waals surface area (Å²) in [7, 11) is 0. The van der Waals surface area contributed by atoms with Crippen molar-refractivity contribution in [1.82, 2.24) is 14.9 Å². The lowest BCUT2D eigenvalue weighted by Crippen LogP contribution is -2.43. The molecular formula is C32H41N3O6. The first-order chi connectivity index (χ1) is 19.8. The van der Waals surface area contributed by atoms with E-state index in [-0.39, 0.29) is 5.88 Å². The Kier molecular flexibility index (Phi) is 11.0. The fourth-order valence-electron chi connectivity index (χ4n) is 4.78. The molecule has 2 aromatic carbocycles. The Morgan fingerprint density at radius 3 is 2.73 bits per heavy atom. The Morgan fingerprint density at radius 1 is 1.10 bits per heavy atom. The van der Waals surface area contributed by atoms with Gasteiger partial charge in [0.15, 0.2) is 0 Å². The van der Waals surface area contributed by atoms with Gasteiger partial charge in [-0.15, -0.1) is 0 Å². The predicted octanol–water partition coefficient (Wildman–Crippen LogP) is 4.42. The van der Waals surface area contributed by atoms with E-state index in [4.69, 9.17) is 14.2 Å². The number of fused-ring (bicyclic) bond motifs is 1. The number of aromatic amines is 1. The van der Waals surface area contributed by atoms with Crippen molar-refractivity contribution >= 4 is 0 Å². The molecule has 0 saturated carbocycles. The summed E-state index contributed by atoms with van der Waals surface area (Å²) in [6.45, 7) is 6.45. The fraction of sp³-hybridized carbons (Fsp3) is 0.469. The molecule has 9 heteroatoms. The first-order valence-electron chi connectivity index (χ1n) is 14.3. The van der Waals surface area contributed by atoms with Gasteiger partial charge in [-0.3, -0.25) is 0 Å². The van der Waals surface area contributed by atoms with Gasteiger partial charge in [0.2, 0.25) is 11.7 Å². The average molecular weight is 564 g/mol. The number of hydrogen-bond acceptors (Lipinski definition) is 7. The number of H-pyrrole nitrogens is 1. The largest absolute Gasteiger partial charge is 0.493 e. The molecule has 1 aliphatic rings. The van der Waals surface area contributed by atoms with Crippen LogP contribution in [0.5, 0.6) is 11.6 Å². The van der Waals surface area contributed by atoms with Crippen molar-refractivity contribution in [2.45, 2.75) is 70.4 Å². The van der Waals surface area contributed by atoms with Gasteiger partial charge in [0.25, 0.3) is 0 Å². The number of aliphatic hydroxyl groups excluding tert-OH is 1. The third kappa shape index (κ3) is 8.97. The van der Waals surface area contributed by atoms with Gasteiger partial charge < -0.3 is 34.7 Å². The zero-order chi connectivity index (χ0) is 29.1. The van der Waals surface area contributed by atoms with Crippen LogP contribution in [0.2, 0.25) is 0 Å². The molecule has 9 nitrogen and oxygen atoms in total. The molecule has 220 valence electrons. The second-order valence-corrected chi connectivity index (χ2v) is 10.6. The smallest absolute Gasteiger partial charge is 0.333 e. The first kappa shape index (κ1) is 30.4. The van der Waals surface area contributed by atoms with Crippen LogP contribution in [0.25, 0.3) is 5.69 Å². The predicted molar refractivity (Wildman–Crippen MR) is 157 cm³/mol. The molecule has 4 rings (SSSR count). The topological polar surface area (TPSA) is 118 Å². The third-order valence-electron chi connectivity index (χ3n) is 6.77. The van der Waals surface area contributed by atoms with E-state index in [1.165, 1.54) is 10.8 Å². The molecule has 1 aliphatic heterocycles. The van der Waals surface area contributed by atoms with Crippen LogP contribution in [0, 0.1) is 11.8 Å². The van der Waals surface area contributed by atoms with E-state index in [0.717, 1.165) is 68.6 Å². The Hall–Kier alpha value is -3.55. The quantitative estimate of drug-likeness (QED) is 0.169. The number of rotatable bonds is 14. The molecule has 2 heterocycles. The summed E-state index contributed by atoms with van der Waals surface area (Å²) in [5, 5.41) is 24.0. The molecule has 0 aliphatic carbocycles. The minimum absolute atomic E-state index is 0.138. The van der Waals surface area contributed by atoms with Gasteiger partial charge >= 0.3 is 5.69 Å². The lowest BCUT2D eigenvalue weighted by molar-refractivity contribution is -0.228. The number of nitrogens with one attached hydrogen (secondary N) is 2. The Balaban J connectivity index is 1.02. The highest BCUT2D eigenvalue weighted by Gasteiger charge is 2.37. The third-order valence-corrected chi connectivity index (χ3v) is 6.77. The van der Waals surface area contributed by atoms with Crippen LogP contribution >= 0.6 is 0 Å². The van der Waals surface area contributed by atoms with E-state index in [1.807, 2.05) is 50.2 Å². The molecule has 0 radical (unpaired) electrons. The van der Waals surface area contributed by atoms with Crippen LogP contribution in [-0.2, 0) is 9.47 Å². The normalized spacial score (nSPS) is 16.3. The minimum atomic E-state index is -0.776. The van der Waals surface area contributed by atoms with Gasteiger partial charge in [0, 0.05) is 51.2 Å².